The smallest absolute Gasteiger partial charge is 0.257 e. The minimum Gasteiger partial charge on any atom is -0.334 e. The van der Waals surface area contributed by atoms with E-state index in [0.717, 1.165) is 16.4 Å². The Morgan fingerprint density at radius 1 is 1.11 bits per heavy atom. The average molecular weight is 414 g/mol. The number of likely N-dealkylation sites (N-methyl/N-ethyl adjacent to an activating group) is 1. The number of hydrogen-bond acceptors (Lipinski definition) is 5. The predicted molar refractivity (Wildman–Crippen MR) is 94.6 cm³/mol. The van der Waals surface area contributed by atoms with Gasteiger partial charge in [-0.1, -0.05) is 16.8 Å². The Labute approximate surface area is 159 Å². The first-order chi connectivity index (χ1) is 12.8. The van der Waals surface area contributed by atoms with Gasteiger partial charge < -0.3 is 4.52 Å². The third kappa shape index (κ3) is 4.32. The summed E-state index contributed by atoms with van der Waals surface area (Å²) in [7, 11) is -2.64. The summed E-state index contributed by atoms with van der Waals surface area (Å²) >= 11 is 5.83. The van der Waals surface area contributed by atoms with Gasteiger partial charge in [-0.2, -0.15) is 4.98 Å². The molecule has 1 heterocycles. The van der Waals surface area contributed by atoms with E-state index in [0.29, 0.717) is 22.5 Å². The zero-order valence-corrected chi connectivity index (χ0v) is 15.6. The maximum Gasteiger partial charge on any atom is 0.257 e. The molecule has 3 aromatic rings. The quantitative estimate of drug-likeness (QED) is 0.618. The van der Waals surface area contributed by atoms with Crippen LogP contribution in [0.5, 0.6) is 0 Å². The fourth-order valence-corrected chi connectivity index (χ4v) is 3.57. The zero-order chi connectivity index (χ0) is 19.6. The lowest BCUT2D eigenvalue weighted by atomic mass is 10.2. The summed E-state index contributed by atoms with van der Waals surface area (Å²) < 4.78 is 57.4. The highest BCUT2D eigenvalue weighted by molar-refractivity contribution is 7.89. The van der Waals surface area contributed by atoms with Crippen LogP contribution in [0.3, 0.4) is 0 Å². The van der Waals surface area contributed by atoms with Crippen molar-refractivity contribution in [2.75, 3.05) is 13.6 Å². The van der Waals surface area contributed by atoms with Gasteiger partial charge in [0, 0.05) is 30.6 Å². The van der Waals surface area contributed by atoms with Crippen LogP contribution in [0.1, 0.15) is 5.82 Å². The van der Waals surface area contributed by atoms with E-state index >= 15 is 0 Å². The fraction of sp³-hybridized carbons (Fsp3) is 0.176. The molecule has 142 valence electrons. The number of aromatic nitrogens is 2. The zero-order valence-electron chi connectivity index (χ0n) is 14.1. The van der Waals surface area contributed by atoms with Crippen LogP contribution in [-0.2, 0) is 16.4 Å². The second-order valence-corrected chi connectivity index (χ2v) is 8.16. The Bertz CT molecular complexity index is 1060. The summed E-state index contributed by atoms with van der Waals surface area (Å²) in [6, 6.07) is 9.24. The monoisotopic (exact) mass is 413 g/mol. The molecule has 0 spiro atoms. The van der Waals surface area contributed by atoms with Crippen molar-refractivity contribution in [3.63, 3.8) is 0 Å². The summed E-state index contributed by atoms with van der Waals surface area (Å²) in [6.07, 6.45) is 0.177. The lowest BCUT2D eigenvalue weighted by molar-refractivity contribution is 0.415. The van der Waals surface area contributed by atoms with Crippen molar-refractivity contribution in [3.05, 3.63) is 64.9 Å². The van der Waals surface area contributed by atoms with Crippen molar-refractivity contribution >= 4 is 21.6 Å². The number of halogens is 3. The van der Waals surface area contributed by atoms with Crippen molar-refractivity contribution in [2.45, 2.75) is 11.3 Å². The minimum atomic E-state index is -3.97. The molecule has 6 nitrogen and oxygen atoms in total. The van der Waals surface area contributed by atoms with E-state index in [4.69, 9.17) is 16.1 Å². The lowest BCUT2D eigenvalue weighted by Crippen LogP contribution is -2.29. The van der Waals surface area contributed by atoms with Crippen molar-refractivity contribution in [1.29, 1.82) is 0 Å². The first-order valence-corrected chi connectivity index (χ1v) is 9.59. The molecule has 0 aliphatic heterocycles. The van der Waals surface area contributed by atoms with Crippen LogP contribution in [0, 0.1) is 11.6 Å². The van der Waals surface area contributed by atoms with Gasteiger partial charge in [0.2, 0.25) is 10.0 Å². The maximum atomic E-state index is 13.3. The van der Waals surface area contributed by atoms with Crippen LogP contribution in [0.25, 0.3) is 11.5 Å². The Hall–Kier alpha value is -2.36. The molecule has 0 bridgehead atoms. The molecule has 10 heteroatoms. The van der Waals surface area contributed by atoms with Gasteiger partial charge in [0.25, 0.3) is 5.89 Å². The standard InChI is InChI=1S/C17H14ClF2N3O3S/c1-23(27(24,25)13-6-7-14(19)15(20)10-13)9-8-16-21-17(26-22-16)11-2-4-12(18)5-3-11/h2-7,10H,8-9H2,1H3. The summed E-state index contributed by atoms with van der Waals surface area (Å²) in [4.78, 5) is 3.88. The van der Waals surface area contributed by atoms with Gasteiger partial charge in [-0.25, -0.2) is 21.5 Å². The maximum absolute atomic E-state index is 13.3. The van der Waals surface area contributed by atoms with E-state index in [2.05, 4.69) is 10.1 Å². The largest absolute Gasteiger partial charge is 0.334 e. The summed E-state index contributed by atoms with van der Waals surface area (Å²) in [5.41, 5.74) is 0.681. The van der Waals surface area contributed by atoms with Crippen LogP contribution in [-0.4, -0.2) is 36.5 Å². The SMILES string of the molecule is CN(CCc1noc(-c2ccc(Cl)cc2)n1)S(=O)(=O)c1ccc(F)c(F)c1. The van der Waals surface area contributed by atoms with Crippen LogP contribution in [0.2, 0.25) is 5.02 Å². The van der Waals surface area contributed by atoms with Crippen molar-refractivity contribution in [2.24, 2.45) is 0 Å². The third-order valence-electron chi connectivity index (χ3n) is 3.81. The van der Waals surface area contributed by atoms with Crippen molar-refractivity contribution in [1.82, 2.24) is 14.4 Å². The lowest BCUT2D eigenvalue weighted by Gasteiger charge is -2.16. The molecule has 0 saturated heterocycles. The molecule has 0 saturated carbocycles. The second kappa shape index (κ2) is 7.71. The fourth-order valence-electron chi connectivity index (χ4n) is 2.26. The van der Waals surface area contributed by atoms with E-state index in [9.17, 15) is 17.2 Å². The minimum absolute atomic E-state index is 0.0287. The topological polar surface area (TPSA) is 76.3 Å². The summed E-state index contributed by atoms with van der Waals surface area (Å²) in [5, 5.41) is 4.39. The van der Waals surface area contributed by atoms with Gasteiger partial charge in [-0.3, -0.25) is 0 Å². The third-order valence-corrected chi connectivity index (χ3v) is 5.91. The Morgan fingerprint density at radius 2 is 1.81 bits per heavy atom. The highest BCUT2D eigenvalue weighted by Crippen LogP contribution is 2.21. The number of hydrogen-bond donors (Lipinski definition) is 0. The van der Waals surface area contributed by atoms with Crippen molar-refractivity contribution < 1.29 is 21.7 Å². The Kier molecular flexibility index (Phi) is 5.54. The molecular weight excluding hydrogens is 400 g/mol. The van der Waals surface area contributed by atoms with E-state index < -0.39 is 21.7 Å². The van der Waals surface area contributed by atoms with E-state index in [1.807, 2.05) is 0 Å². The molecule has 27 heavy (non-hydrogen) atoms. The Morgan fingerprint density at radius 3 is 2.48 bits per heavy atom. The molecule has 0 radical (unpaired) electrons. The van der Waals surface area contributed by atoms with Gasteiger partial charge >= 0.3 is 0 Å². The Balaban J connectivity index is 1.69. The van der Waals surface area contributed by atoms with E-state index in [-0.39, 0.29) is 23.8 Å². The second-order valence-electron chi connectivity index (χ2n) is 5.68. The average Bonchev–Trinajstić information content (AvgIpc) is 3.11. The van der Waals surface area contributed by atoms with Gasteiger partial charge in [0.15, 0.2) is 17.5 Å². The highest BCUT2D eigenvalue weighted by Gasteiger charge is 2.22. The van der Waals surface area contributed by atoms with Crippen LogP contribution in [0.15, 0.2) is 51.9 Å². The van der Waals surface area contributed by atoms with Crippen LogP contribution < -0.4 is 0 Å². The molecular formula is C17H14ClF2N3O3S. The van der Waals surface area contributed by atoms with E-state index in [1.54, 1.807) is 24.3 Å². The molecule has 0 unspecified atom stereocenters. The van der Waals surface area contributed by atoms with Crippen LogP contribution >= 0.6 is 11.6 Å². The molecule has 0 aliphatic rings. The molecule has 0 N–H and O–H groups in total. The number of nitrogens with zero attached hydrogens (tertiary/aromatic N) is 3. The van der Waals surface area contributed by atoms with Gasteiger partial charge in [0.05, 0.1) is 4.90 Å². The van der Waals surface area contributed by atoms with Crippen LogP contribution in [0.4, 0.5) is 8.78 Å². The van der Waals surface area contributed by atoms with Gasteiger partial charge in [-0.15, -0.1) is 0 Å². The number of sulfonamides is 1. The molecule has 2 aromatic carbocycles. The molecule has 3 rings (SSSR count). The molecule has 0 amide bonds. The molecule has 1 aromatic heterocycles. The molecule has 0 aliphatic carbocycles. The first kappa shape index (κ1) is 19.4. The first-order valence-electron chi connectivity index (χ1n) is 7.77. The normalized spacial score (nSPS) is 11.9. The van der Waals surface area contributed by atoms with E-state index in [1.165, 1.54) is 7.05 Å². The van der Waals surface area contributed by atoms with Crippen molar-refractivity contribution in [3.8, 4) is 11.5 Å². The summed E-state index contributed by atoms with van der Waals surface area (Å²) in [6.45, 7) is 0.0287. The summed E-state index contributed by atoms with van der Waals surface area (Å²) in [5.74, 6) is -1.74. The predicted octanol–water partition coefficient (Wildman–Crippen LogP) is 3.53. The molecule has 0 atom stereocenters. The van der Waals surface area contributed by atoms with Gasteiger partial charge in [-0.05, 0) is 42.5 Å². The number of rotatable bonds is 6. The van der Waals surface area contributed by atoms with Gasteiger partial charge in [0.1, 0.15) is 0 Å². The molecule has 0 fully saturated rings. The highest BCUT2D eigenvalue weighted by atomic mass is 35.5. The number of benzene rings is 2.